The highest BCUT2D eigenvalue weighted by molar-refractivity contribution is 6.02. The zero-order valence-electron chi connectivity index (χ0n) is 16.3. The van der Waals surface area contributed by atoms with Gasteiger partial charge in [-0.1, -0.05) is 24.3 Å². The van der Waals surface area contributed by atoms with E-state index in [2.05, 4.69) is 10.6 Å². The van der Waals surface area contributed by atoms with E-state index in [9.17, 15) is 9.59 Å². The number of carbonyl (C=O) groups is 2. The van der Waals surface area contributed by atoms with E-state index in [1.165, 1.54) is 0 Å². The highest BCUT2D eigenvalue weighted by Crippen LogP contribution is 2.17. The lowest BCUT2D eigenvalue weighted by molar-refractivity contribution is -0.120. The fourth-order valence-electron chi connectivity index (χ4n) is 2.68. The lowest BCUT2D eigenvalue weighted by Crippen LogP contribution is -2.40. The second-order valence-electron chi connectivity index (χ2n) is 6.50. The third-order valence-electron chi connectivity index (χ3n) is 4.21. The van der Waals surface area contributed by atoms with E-state index >= 15 is 0 Å². The normalized spacial score (nSPS) is 10.6. The molecule has 0 aliphatic rings. The molecule has 6 nitrogen and oxygen atoms in total. The molecule has 0 bridgehead atoms. The summed E-state index contributed by atoms with van der Waals surface area (Å²) in [5.74, 6) is 0.469. The second-order valence-corrected chi connectivity index (χ2v) is 6.50. The Hall–Kier alpha value is -2.86. The van der Waals surface area contributed by atoms with Crippen LogP contribution in [0.2, 0.25) is 0 Å². The number of ether oxygens (including phenoxy) is 1. The van der Waals surface area contributed by atoms with Gasteiger partial charge in [-0.25, -0.2) is 4.79 Å². The molecule has 2 aromatic rings. The highest BCUT2D eigenvalue weighted by Gasteiger charge is 2.12. The molecule has 0 spiro atoms. The van der Waals surface area contributed by atoms with Crippen molar-refractivity contribution < 1.29 is 14.3 Å². The van der Waals surface area contributed by atoms with Crippen molar-refractivity contribution in [1.29, 1.82) is 0 Å². The molecule has 6 heteroatoms. The molecule has 144 valence electrons. The average molecular weight is 369 g/mol. The van der Waals surface area contributed by atoms with Gasteiger partial charge in [0.1, 0.15) is 5.75 Å². The topological polar surface area (TPSA) is 70.7 Å². The van der Waals surface area contributed by atoms with E-state index in [1.807, 2.05) is 75.2 Å². The molecule has 0 radical (unpaired) electrons. The van der Waals surface area contributed by atoms with Crippen molar-refractivity contribution in [3.05, 3.63) is 59.2 Å². The number of benzene rings is 2. The summed E-state index contributed by atoms with van der Waals surface area (Å²) in [7, 11) is 1.83. The summed E-state index contributed by atoms with van der Waals surface area (Å²) in [5.41, 5.74) is 3.82. The number of nitrogens with zero attached hydrogens (tertiary/aromatic N) is 1. The van der Waals surface area contributed by atoms with Crippen LogP contribution >= 0.6 is 0 Å². The number of amides is 3. The van der Waals surface area contributed by atoms with Gasteiger partial charge >= 0.3 is 6.03 Å². The maximum atomic E-state index is 12.1. The van der Waals surface area contributed by atoms with Crippen LogP contribution in [0.25, 0.3) is 0 Å². The molecule has 0 fully saturated rings. The molecule has 2 rings (SSSR count). The summed E-state index contributed by atoms with van der Waals surface area (Å²) < 4.78 is 5.42. The van der Waals surface area contributed by atoms with E-state index in [4.69, 9.17) is 4.74 Å². The second kappa shape index (κ2) is 9.73. The lowest BCUT2D eigenvalue weighted by atomic mass is 10.1. The summed E-state index contributed by atoms with van der Waals surface area (Å²) in [5, 5.41) is 5.09. The summed E-state index contributed by atoms with van der Waals surface area (Å²) in [6.07, 6.45) is 0. The van der Waals surface area contributed by atoms with Gasteiger partial charge < -0.3 is 10.1 Å². The standard InChI is InChI=1S/C21H27N3O3/c1-5-27-18-11-9-17(10-12-18)13-24(4)14-20(25)23-21(26)22-19-8-6-7-15(2)16(19)3/h6-12H,5,13-14H2,1-4H3,(H2,22,23,25,26). The molecule has 2 N–H and O–H groups in total. The van der Waals surface area contributed by atoms with Gasteiger partial charge in [-0.2, -0.15) is 0 Å². The fourth-order valence-corrected chi connectivity index (χ4v) is 2.68. The Morgan fingerprint density at radius 1 is 1.07 bits per heavy atom. The van der Waals surface area contributed by atoms with E-state index in [0.717, 1.165) is 22.4 Å². The molecule has 3 amide bonds. The predicted molar refractivity (Wildman–Crippen MR) is 107 cm³/mol. The first kappa shape index (κ1) is 20.5. The first-order valence-corrected chi connectivity index (χ1v) is 8.96. The van der Waals surface area contributed by atoms with Crippen LogP contribution in [0.3, 0.4) is 0 Å². The summed E-state index contributed by atoms with van der Waals surface area (Å²) in [6.45, 7) is 7.18. The van der Waals surface area contributed by atoms with Gasteiger partial charge in [0.25, 0.3) is 0 Å². The Morgan fingerprint density at radius 3 is 2.44 bits per heavy atom. The summed E-state index contributed by atoms with van der Waals surface area (Å²) in [6, 6.07) is 12.9. The minimum atomic E-state index is -0.525. The molecule has 0 aliphatic heterocycles. The van der Waals surface area contributed by atoms with Crippen LogP contribution in [-0.4, -0.2) is 37.0 Å². The van der Waals surface area contributed by atoms with Crippen molar-refractivity contribution in [1.82, 2.24) is 10.2 Å². The lowest BCUT2D eigenvalue weighted by Gasteiger charge is -2.17. The number of urea groups is 1. The van der Waals surface area contributed by atoms with Crippen LogP contribution in [-0.2, 0) is 11.3 Å². The number of hydrogen-bond acceptors (Lipinski definition) is 4. The molecule has 0 aromatic heterocycles. The van der Waals surface area contributed by atoms with Crippen LogP contribution in [0.5, 0.6) is 5.75 Å². The van der Waals surface area contributed by atoms with Crippen molar-refractivity contribution in [3.63, 3.8) is 0 Å². The number of nitrogens with one attached hydrogen (secondary N) is 2. The molecular formula is C21H27N3O3. The van der Waals surface area contributed by atoms with Gasteiger partial charge in [0.15, 0.2) is 0 Å². The van der Waals surface area contributed by atoms with Crippen molar-refractivity contribution in [2.24, 2.45) is 0 Å². The highest BCUT2D eigenvalue weighted by atomic mass is 16.5. The van der Waals surface area contributed by atoms with Crippen molar-refractivity contribution >= 4 is 17.6 Å². The quantitative estimate of drug-likeness (QED) is 0.784. The molecular weight excluding hydrogens is 342 g/mol. The molecule has 0 atom stereocenters. The Labute approximate surface area is 160 Å². The minimum absolute atomic E-state index is 0.118. The van der Waals surface area contributed by atoms with Crippen molar-refractivity contribution in [2.75, 3.05) is 25.5 Å². The van der Waals surface area contributed by atoms with Crippen LogP contribution in [0, 0.1) is 13.8 Å². The van der Waals surface area contributed by atoms with E-state index in [1.54, 1.807) is 0 Å². The molecule has 0 unspecified atom stereocenters. The third kappa shape index (κ3) is 6.42. The monoisotopic (exact) mass is 369 g/mol. The molecule has 0 heterocycles. The molecule has 0 saturated carbocycles. The van der Waals surface area contributed by atoms with E-state index in [0.29, 0.717) is 18.8 Å². The number of carbonyl (C=O) groups excluding carboxylic acids is 2. The van der Waals surface area contributed by atoms with Crippen molar-refractivity contribution in [2.45, 2.75) is 27.3 Å². The Morgan fingerprint density at radius 2 is 1.78 bits per heavy atom. The Bertz CT molecular complexity index is 788. The number of anilines is 1. The largest absolute Gasteiger partial charge is 0.494 e. The molecule has 0 saturated heterocycles. The smallest absolute Gasteiger partial charge is 0.325 e. The molecule has 27 heavy (non-hydrogen) atoms. The molecule has 0 aliphatic carbocycles. The number of rotatable bonds is 7. The SMILES string of the molecule is CCOc1ccc(CN(C)CC(=O)NC(=O)Nc2cccc(C)c2C)cc1. The molecule has 2 aromatic carbocycles. The van der Waals surface area contributed by atoms with Gasteiger partial charge in [0, 0.05) is 12.2 Å². The maximum absolute atomic E-state index is 12.1. The fraction of sp³-hybridized carbons (Fsp3) is 0.333. The zero-order valence-corrected chi connectivity index (χ0v) is 16.3. The van der Waals surface area contributed by atoms with E-state index < -0.39 is 6.03 Å². The van der Waals surface area contributed by atoms with Crippen LogP contribution in [0.15, 0.2) is 42.5 Å². The van der Waals surface area contributed by atoms with Gasteiger partial charge in [0.2, 0.25) is 5.91 Å². The van der Waals surface area contributed by atoms with Crippen molar-refractivity contribution in [3.8, 4) is 5.75 Å². The zero-order chi connectivity index (χ0) is 19.8. The van der Waals surface area contributed by atoms with Crippen LogP contribution in [0.4, 0.5) is 10.5 Å². The number of hydrogen-bond donors (Lipinski definition) is 2. The number of aryl methyl sites for hydroxylation is 1. The van der Waals surface area contributed by atoms with Crippen LogP contribution < -0.4 is 15.4 Å². The summed E-state index contributed by atoms with van der Waals surface area (Å²) in [4.78, 5) is 26.0. The average Bonchev–Trinajstić information content (AvgIpc) is 2.60. The van der Waals surface area contributed by atoms with Gasteiger partial charge in [0.05, 0.1) is 13.2 Å². The van der Waals surface area contributed by atoms with E-state index in [-0.39, 0.29) is 12.5 Å². The maximum Gasteiger partial charge on any atom is 0.325 e. The number of imide groups is 1. The Balaban J connectivity index is 1.81. The first-order chi connectivity index (χ1) is 12.9. The predicted octanol–water partition coefficient (Wildman–Crippen LogP) is 3.48. The third-order valence-corrected chi connectivity index (χ3v) is 4.21. The van der Waals surface area contributed by atoms with Gasteiger partial charge in [-0.15, -0.1) is 0 Å². The number of likely N-dealkylation sites (N-methyl/N-ethyl adjacent to an activating group) is 1. The Kier molecular flexibility index (Phi) is 7.37. The van der Waals surface area contributed by atoms with Gasteiger partial charge in [-0.05, 0) is 62.7 Å². The minimum Gasteiger partial charge on any atom is -0.494 e. The van der Waals surface area contributed by atoms with Gasteiger partial charge in [-0.3, -0.25) is 15.0 Å². The first-order valence-electron chi connectivity index (χ1n) is 8.96. The van der Waals surface area contributed by atoms with Crippen LogP contribution in [0.1, 0.15) is 23.6 Å². The summed E-state index contributed by atoms with van der Waals surface area (Å²) >= 11 is 0.